The lowest BCUT2D eigenvalue weighted by Crippen LogP contribution is -2.47. The van der Waals surface area contributed by atoms with Gasteiger partial charge in [-0.1, -0.05) is 34.8 Å². The van der Waals surface area contributed by atoms with Crippen molar-refractivity contribution in [3.63, 3.8) is 0 Å². The van der Waals surface area contributed by atoms with Crippen LogP contribution in [0.1, 0.15) is 58.4 Å². The topological polar surface area (TPSA) is 229 Å². The third-order valence-electron chi connectivity index (χ3n) is 9.97. The molecule has 0 aliphatic rings. The van der Waals surface area contributed by atoms with Crippen LogP contribution in [0, 0.1) is 18.6 Å². The maximum absolute atomic E-state index is 14.2. The lowest BCUT2D eigenvalue weighted by molar-refractivity contribution is -0.137. The summed E-state index contributed by atoms with van der Waals surface area (Å²) in [5.41, 5.74) is 0.397. The van der Waals surface area contributed by atoms with Gasteiger partial charge in [-0.15, -0.1) is 0 Å². The first kappa shape index (κ1) is 64.6. The summed E-state index contributed by atoms with van der Waals surface area (Å²) in [4.78, 5) is 61.4. The Kier molecular flexibility index (Phi) is 27.0. The molecule has 0 bridgehead atoms. The van der Waals surface area contributed by atoms with Crippen LogP contribution in [0.3, 0.4) is 0 Å². The number of phenolic OH excluding ortho intramolecular Hbond substituents is 1. The van der Waals surface area contributed by atoms with Gasteiger partial charge in [0.25, 0.3) is 11.1 Å². The van der Waals surface area contributed by atoms with Gasteiger partial charge in [0, 0.05) is 53.1 Å². The zero-order valence-corrected chi connectivity index (χ0v) is 45.1. The number of rotatable bonds is 19. The molecule has 4 heterocycles. The number of esters is 2. The molecule has 6 aromatic rings. The molecule has 0 spiro atoms. The number of hydrogen-bond acceptors (Lipinski definition) is 17. The van der Waals surface area contributed by atoms with Crippen LogP contribution in [0.2, 0.25) is 15.2 Å². The summed E-state index contributed by atoms with van der Waals surface area (Å²) in [6.45, 7) is 2.72. The molecule has 6 rings (SSSR count). The van der Waals surface area contributed by atoms with Gasteiger partial charge in [0.15, 0.2) is 11.6 Å². The number of anilines is 2. The van der Waals surface area contributed by atoms with E-state index in [0.29, 0.717) is 53.0 Å². The molecule has 19 nitrogen and oxygen atoms in total. The van der Waals surface area contributed by atoms with Gasteiger partial charge in [0.05, 0.1) is 110 Å². The summed E-state index contributed by atoms with van der Waals surface area (Å²) in [7, 11) is 8.37. The number of aromatic nitrogens is 6. The fourth-order valence-corrected chi connectivity index (χ4v) is 6.99. The standard InChI is InChI=1S/C19H20ClFN2O6.C14H20FNO4.C10H8ClF3N4.C6H3Cl2NO/c1-27-9-12(10-28-2)23(18(25)15-5-4-11(20)8-22-15)16-7-14(21)17(24)6-13(16)19(26)29-3;1-9-5-11(14(17)20-4)13(6-12(9)15)16-10(7-18-2)8-19-3;11-9-8(10(12,13)14)5-7(6-15-9)1-4-18-16-2-3-17-18;7-4-1-2-5(6(8)10)9-3-4/h4-8,12,24H,9-10H2,1-3H3;5-6,10,16H,7-8H2,1-4H3;2-3,5-6H,1,4H2;1-3H. The molecular formula is C49H51Cl4F5N8O11. The summed E-state index contributed by atoms with van der Waals surface area (Å²) in [6, 6.07) is 10.4. The number of carbonyl (C=O) groups is 4. The van der Waals surface area contributed by atoms with Crippen molar-refractivity contribution in [2.24, 2.45) is 0 Å². The summed E-state index contributed by atoms with van der Waals surface area (Å²) in [5.74, 6) is -4.23. The molecule has 0 aliphatic heterocycles. The number of halogens is 9. The van der Waals surface area contributed by atoms with E-state index < -0.39 is 63.4 Å². The molecule has 0 atom stereocenters. The maximum atomic E-state index is 14.2. The molecule has 0 unspecified atom stereocenters. The van der Waals surface area contributed by atoms with Crippen LogP contribution in [0.5, 0.6) is 5.75 Å². The maximum Gasteiger partial charge on any atom is 0.419 e. The molecule has 0 aliphatic carbocycles. The number of nitrogens with zero attached hydrogens (tertiary/aromatic N) is 7. The zero-order chi connectivity index (χ0) is 57.4. The second kappa shape index (κ2) is 32.2. The fraction of sp³-hybridized carbons (Fsp3) is 0.327. The summed E-state index contributed by atoms with van der Waals surface area (Å²) in [6.07, 6.45) is 2.83. The third-order valence-corrected chi connectivity index (χ3v) is 10.9. The first-order valence-corrected chi connectivity index (χ1v) is 23.6. The Balaban J connectivity index is 0.000000286. The smallest absolute Gasteiger partial charge is 0.419 e. The van der Waals surface area contributed by atoms with E-state index in [2.05, 4.69) is 30.5 Å². The van der Waals surface area contributed by atoms with E-state index in [0.717, 1.165) is 30.2 Å². The number of ether oxygens (including phenoxy) is 6. The first-order valence-electron chi connectivity index (χ1n) is 22.1. The molecule has 77 heavy (non-hydrogen) atoms. The minimum atomic E-state index is -4.50. The Morgan fingerprint density at radius 1 is 0.714 bits per heavy atom. The Morgan fingerprint density at radius 3 is 1.75 bits per heavy atom. The van der Waals surface area contributed by atoms with Crippen molar-refractivity contribution in [1.82, 2.24) is 29.9 Å². The van der Waals surface area contributed by atoms with E-state index in [-0.39, 0.29) is 47.5 Å². The van der Waals surface area contributed by atoms with E-state index in [1.165, 1.54) is 87.4 Å². The SMILES string of the molecule is COCC(COC)N(C(=O)c1ccc(Cl)cn1)c1cc(F)c(O)cc1C(=O)OC.COCC(COC)Nc1cc(F)c(C)cc1C(=O)OC.FC(F)(F)c1cc(CCn2nccn2)cnc1Cl.O=C(Cl)c1ccc(Cl)cn1. The van der Waals surface area contributed by atoms with Crippen LogP contribution in [0.25, 0.3) is 0 Å². The molecule has 4 aromatic heterocycles. The highest BCUT2D eigenvalue weighted by atomic mass is 35.5. The molecule has 1 amide bonds. The van der Waals surface area contributed by atoms with E-state index >= 15 is 0 Å². The largest absolute Gasteiger partial charge is 0.505 e. The summed E-state index contributed by atoms with van der Waals surface area (Å²) in [5, 5.41) is 20.2. The molecule has 0 fully saturated rings. The quantitative estimate of drug-likeness (QED) is 0.0333. The fourth-order valence-electron chi connectivity index (χ4n) is 6.44. The number of nitrogens with one attached hydrogen (secondary N) is 1. The van der Waals surface area contributed by atoms with Crippen LogP contribution >= 0.6 is 46.4 Å². The van der Waals surface area contributed by atoms with Gasteiger partial charge >= 0.3 is 18.1 Å². The van der Waals surface area contributed by atoms with Crippen LogP contribution in [0.4, 0.5) is 33.3 Å². The van der Waals surface area contributed by atoms with Crippen LogP contribution in [0.15, 0.2) is 85.6 Å². The van der Waals surface area contributed by atoms with E-state index in [4.69, 9.17) is 74.8 Å². The number of amides is 1. The Labute approximate surface area is 458 Å². The van der Waals surface area contributed by atoms with E-state index in [9.17, 15) is 46.2 Å². The second-order valence-electron chi connectivity index (χ2n) is 15.5. The second-order valence-corrected chi connectivity index (χ2v) is 17.1. The number of aromatic hydroxyl groups is 1. The van der Waals surface area contributed by atoms with Crippen molar-refractivity contribution in [2.45, 2.75) is 38.1 Å². The van der Waals surface area contributed by atoms with Gasteiger partial charge in [0.1, 0.15) is 22.4 Å². The molecule has 28 heteroatoms. The Hall–Kier alpha value is -6.64. The number of methoxy groups -OCH3 is 6. The molecule has 2 aromatic carbocycles. The summed E-state index contributed by atoms with van der Waals surface area (Å²) < 4.78 is 95.5. The predicted molar refractivity (Wildman–Crippen MR) is 274 cm³/mol. The Bertz CT molecular complexity index is 2850. The van der Waals surface area contributed by atoms with Crippen molar-refractivity contribution in [1.29, 1.82) is 0 Å². The molecule has 416 valence electrons. The lowest BCUT2D eigenvalue weighted by atomic mass is 10.1. The predicted octanol–water partition coefficient (Wildman–Crippen LogP) is 9.37. The highest BCUT2D eigenvalue weighted by Crippen LogP contribution is 2.34. The normalized spacial score (nSPS) is 10.8. The van der Waals surface area contributed by atoms with Gasteiger partial charge in [-0.05, 0) is 84.6 Å². The summed E-state index contributed by atoms with van der Waals surface area (Å²) >= 11 is 21.9. The van der Waals surface area contributed by atoms with Crippen molar-refractivity contribution < 1.29 is 74.7 Å². The van der Waals surface area contributed by atoms with E-state index in [1.807, 2.05) is 0 Å². The minimum Gasteiger partial charge on any atom is -0.505 e. The number of aryl methyl sites for hydroxylation is 3. The van der Waals surface area contributed by atoms with Crippen molar-refractivity contribution >= 4 is 80.9 Å². The van der Waals surface area contributed by atoms with Crippen LogP contribution in [-0.2, 0) is 47.6 Å². The number of hydrogen-bond donors (Lipinski definition) is 2. The van der Waals surface area contributed by atoms with Crippen LogP contribution in [-0.4, -0.2) is 139 Å². The minimum absolute atomic E-state index is 0.00379. The number of alkyl halides is 3. The van der Waals surface area contributed by atoms with Crippen molar-refractivity contribution in [2.75, 3.05) is 79.3 Å². The van der Waals surface area contributed by atoms with Crippen LogP contribution < -0.4 is 10.2 Å². The molecule has 0 saturated carbocycles. The van der Waals surface area contributed by atoms with Gasteiger partial charge in [-0.25, -0.2) is 28.3 Å². The van der Waals surface area contributed by atoms with Crippen molar-refractivity contribution in [3.05, 3.63) is 152 Å². The lowest BCUT2D eigenvalue weighted by Gasteiger charge is -2.32. The van der Waals surface area contributed by atoms with Gasteiger partial charge in [-0.2, -0.15) is 28.2 Å². The molecule has 2 N–H and O–H groups in total. The highest BCUT2D eigenvalue weighted by molar-refractivity contribution is 6.67. The van der Waals surface area contributed by atoms with Gasteiger partial charge in [0.2, 0.25) is 0 Å². The number of pyridine rings is 3. The van der Waals surface area contributed by atoms with E-state index in [1.54, 1.807) is 27.2 Å². The molecule has 0 saturated heterocycles. The number of carbonyl (C=O) groups excluding carboxylic acids is 4. The van der Waals surface area contributed by atoms with Crippen molar-refractivity contribution in [3.8, 4) is 5.75 Å². The average Bonchev–Trinajstić information content (AvgIpc) is 3.92. The Morgan fingerprint density at radius 2 is 1.26 bits per heavy atom. The first-order chi connectivity index (χ1) is 36.5. The third kappa shape index (κ3) is 20.3. The monoisotopic (exact) mass is 1160 g/mol. The number of phenols is 1. The molecule has 0 radical (unpaired) electrons. The number of benzene rings is 2. The van der Waals surface area contributed by atoms with Gasteiger partial charge in [-0.3, -0.25) is 19.5 Å². The average molecular weight is 1160 g/mol. The highest BCUT2D eigenvalue weighted by Gasteiger charge is 2.35. The zero-order valence-electron chi connectivity index (χ0n) is 42.0. The molecular weight excluding hydrogens is 1110 g/mol. The van der Waals surface area contributed by atoms with Gasteiger partial charge < -0.3 is 38.8 Å².